The van der Waals surface area contributed by atoms with Crippen LogP contribution in [0.2, 0.25) is 0 Å². The third-order valence-corrected chi connectivity index (χ3v) is 3.19. The molecular weight excluding hydrogens is 244 g/mol. The average Bonchev–Trinajstić information content (AvgIpc) is 2.30. The van der Waals surface area contributed by atoms with E-state index in [-0.39, 0.29) is 12.3 Å². The van der Waals surface area contributed by atoms with Gasteiger partial charge in [-0.25, -0.2) is 0 Å². The molecule has 1 aliphatic rings. The van der Waals surface area contributed by atoms with Gasteiger partial charge in [0.2, 0.25) is 5.91 Å². The first kappa shape index (κ1) is 13.5. The second-order valence-corrected chi connectivity index (χ2v) is 4.94. The van der Waals surface area contributed by atoms with Gasteiger partial charge in [0.1, 0.15) is 0 Å². The number of aliphatic carboxylic acids is 1. The van der Waals surface area contributed by atoms with Crippen LogP contribution in [0.1, 0.15) is 17.5 Å². The maximum absolute atomic E-state index is 12.3. The molecule has 5 heteroatoms. The minimum Gasteiger partial charge on any atom is -0.481 e. The highest BCUT2D eigenvalue weighted by Gasteiger charge is 2.30. The highest BCUT2D eigenvalue weighted by Crippen LogP contribution is 2.21. The number of carbonyl (C=O) groups excluding carboxylic acids is 1. The third kappa shape index (κ3) is 3.12. The first-order valence-electron chi connectivity index (χ1n) is 6.32. The summed E-state index contributed by atoms with van der Waals surface area (Å²) in [5.74, 6) is -1.13. The minimum atomic E-state index is -0.965. The molecule has 1 saturated heterocycles. The van der Waals surface area contributed by atoms with Crippen molar-refractivity contribution in [1.82, 2.24) is 5.32 Å². The van der Waals surface area contributed by atoms with Gasteiger partial charge in [0.05, 0.1) is 12.5 Å². The second-order valence-electron chi connectivity index (χ2n) is 4.94. The molecule has 0 aromatic heterocycles. The van der Waals surface area contributed by atoms with Crippen LogP contribution in [-0.4, -0.2) is 36.1 Å². The predicted octanol–water partition coefficient (Wildman–Crippen LogP) is 1.08. The van der Waals surface area contributed by atoms with E-state index in [0.29, 0.717) is 13.1 Å². The number of carbonyl (C=O) groups is 2. The molecule has 1 aliphatic heterocycles. The van der Waals surface area contributed by atoms with Crippen LogP contribution in [0.25, 0.3) is 0 Å². The van der Waals surface area contributed by atoms with Crippen molar-refractivity contribution in [2.45, 2.75) is 26.3 Å². The van der Waals surface area contributed by atoms with Gasteiger partial charge in [-0.05, 0) is 37.1 Å². The average molecular weight is 262 g/mol. The highest BCUT2D eigenvalue weighted by atomic mass is 16.4. The van der Waals surface area contributed by atoms with Crippen molar-refractivity contribution in [3.8, 4) is 0 Å². The molecule has 0 saturated carbocycles. The summed E-state index contributed by atoms with van der Waals surface area (Å²) >= 11 is 0. The lowest BCUT2D eigenvalue weighted by Crippen LogP contribution is -2.55. The van der Waals surface area contributed by atoms with Gasteiger partial charge in [-0.3, -0.25) is 9.59 Å². The second kappa shape index (κ2) is 5.40. The number of hydrogen-bond acceptors (Lipinski definition) is 3. The molecule has 1 unspecified atom stereocenters. The Kier molecular flexibility index (Phi) is 3.85. The van der Waals surface area contributed by atoms with Crippen LogP contribution in [0, 0.1) is 13.8 Å². The summed E-state index contributed by atoms with van der Waals surface area (Å²) in [4.78, 5) is 24.7. The van der Waals surface area contributed by atoms with Crippen LogP contribution in [0.3, 0.4) is 0 Å². The Bertz CT molecular complexity index is 493. The fourth-order valence-corrected chi connectivity index (χ4v) is 2.43. The summed E-state index contributed by atoms with van der Waals surface area (Å²) in [6.07, 6.45) is -0.180. The molecule has 0 radical (unpaired) electrons. The van der Waals surface area contributed by atoms with Crippen LogP contribution in [-0.2, 0) is 9.59 Å². The number of nitrogens with zero attached hydrogens (tertiary/aromatic N) is 1. The SMILES string of the molecule is Cc1cc(C)cc(N2CCNC(CC(=O)O)C2=O)c1. The normalized spacial score (nSPS) is 19.6. The summed E-state index contributed by atoms with van der Waals surface area (Å²) in [6.45, 7) is 5.14. The Morgan fingerprint density at radius 2 is 2.00 bits per heavy atom. The van der Waals surface area contributed by atoms with Gasteiger partial charge in [-0.1, -0.05) is 6.07 Å². The molecule has 102 valence electrons. The number of rotatable bonds is 3. The molecule has 19 heavy (non-hydrogen) atoms. The molecule has 0 spiro atoms. The van der Waals surface area contributed by atoms with Gasteiger partial charge in [-0.2, -0.15) is 0 Å². The van der Waals surface area contributed by atoms with Gasteiger partial charge in [0, 0.05) is 18.8 Å². The molecule has 5 nitrogen and oxygen atoms in total. The largest absolute Gasteiger partial charge is 0.481 e. The lowest BCUT2D eigenvalue weighted by Gasteiger charge is -2.33. The van der Waals surface area contributed by atoms with Gasteiger partial charge >= 0.3 is 5.97 Å². The number of carboxylic acid groups (broad SMARTS) is 1. The van der Waals surface area contributed by atoms with E-state index in [1.165, 1.54) is 0 Å². The summed E-state index contributed by atoms with van der Waals surface area (Å²) in [5.41, 5.74) is 3.03. The lowest BCUT2D eigenvalue weighted by atomic mass is 10.1. The molecule has 0 aliphatic carbocycles. The number of anilines is 1. The maximum atomic E-state index is 12.3. The Morgan fingerprint density at radius 1 is 1.37 bits per heavy atom. The quantitative estimate of drug-likeness (QED) is 0.855. The number of carboxylic acids is 1. The van der Waals surface area contributed by atoms with E-state index in [1.54, 1.807) is 4.90 Å². The zero-order chi connectivity index (χ0) is 14.0. The number of amides is 1. The molecule has 1 heterocycles. The standard InChI is InChI=1S/C14H18N2O3/c1-9-5-10(2)7-11(6-9)16-4-3-15-12(14(16)19)8-13(17)18/h5-7,12,15H,3-4,8H2,1-2H3,(H,17,18). The molecule has 1 aromatic carbocycles. The third-order valence-electron chi connectivity index (χ3n) is 3.19. The van der Waals surface area contributed by atoms with Gasteiger partial charge in [-0.15, -0.1) is 0 Å². The van der Waals surface area contributed by atoms with E-state index >= 15 is 0 Å². The van der Waals surface area contributed by atoms with Crippen molar-refractivity contribution < 1.29 is 14.7 Å². The predicted molar refractivity (Wildman–Crippen MR) is 72.3 cm³/mol. The Labute approximate surface area is 112 Å². The molecule has 0 bridgehead atoms. The van der Waals surface area contributed by atoms with E-state index in [4.69, 9.17) is 5.11 Å². The van der Waals surface area contributed by atoms with E-state index in [2.05, 4.69) is 5.32 Å². The lowest BCUT2D eigenvalue weighted by molar-refractivity contribution is -0.139. The van der Waals surface area contributed by atoms with E-state index in [1.807, 2.05) is 32.0 Å². The van der Waals surface area contributed by atoms with Gasteiger partial charge < -0.3 is 15.3 Å². The number of piperazine rings is 1. The molecule has 1 amide bonds. The van der Waals surface area contributed by atoms with E-state index in [9.17, 15) is 9.59 Å². The van der Waals surface area contributed by atoms with Crippen LogP contribution >= 0.6 is 0 Å². The van der Waals surface area contributed by atoms with Crippen LogP contribution in [0.15, 0.2) is 18.2 Å². The van der Waals surface area contributed by atoms with E-state index < -0.39 is 12.0 Å². The topological polar surface area (TPSA) is 69.6 Å². The Balaban J connectivity index is 2.23. The fraction of sp³-hybridized carbons (Fsp3) is 0.429. The van der Waals surface area contributed by atoms with Crippen molar-refractivity contribution in [1.29, 1.82) is 0 Å². The van der Waals surface area contributed by atoms with Crippen LogP contribution in [0.4, 0.5) is 5.69 Å². The zero-order valence-electron chi connectivity index (χ0n) is 11.1. The molecule has 1 atom stereocenters. The number of hydrogen-bond donors (Lipinski definition) is 2. The van der Waals surface area contributed by atoms with Crippen LogP contribution in [0.5, 0.6) is 0 Å². The molecule has 2 N–H and O–H groups in total. The molecule has 1 fully saturated rings. The minimum absolute atomic E-state index is 0.168. The van der Waals surface area contributed by atoms with Crippen molar-refractivity contribution in [2.75, 3.05) is 18.0 Å². The van der Waals surface area contributed by atoms with Gasteiger partial charge in [0.15, 0.2) is 0 Å². The Hall–Kier alpha value is -1.88. The maximum Gasteiger partial charge on any atom is 0.305 e. The van der Waals surface area contributed by atoms with Crippen LogP contribution < -0.4 is 10.2 Å². The smallest absolute Gasteiger partial charge is 0.305 e. The van der Waals surface area contributed by atoms with E-state index in [0.717, 1.165) is 16.8 Å². The summed E-state index contributed by atoms with van der Waals surface area (Å²) < 4.78 is 0. The van der Waals surface area contributed by atoms with Gasteiger partial charge in [0.25, 0.3) is 0 Å². The number of nitrogens with one attached hydrogen (secondary N) is 1. The first-order valence-corrected chi connectivity index (χ1v) is 6.32. The van der Waals surface area contributed by atoms with Crippen molar-refractivity contribution in [3.05, 3.63) is 29.3 Å². The summed E-state index contributed by atoms with van der Waals surface area (Å²) in [6, 6.07) is 5.32. The highest BCUT2D eigenvalue weighted by molar-refractivity contribution is 5.99. The zero-order valence-corrected chi connectivity index (χ0v) is 11.1. The molecule has 2 rings (SSSR count). The monoisotopic (exact) mass is 262 g/mol. The van der Waals surface area contributed by atoms with Crippen molar-refractivity contribution in [2.24, 2.45) is 0 Å². The molecular formula is C14H18N2O3. The summed E-state index contributed by atoms with van der Waals surface area (Å²) in [5, 5.41) is 11.8. The molecule has 1 aromatic rings. The van der Waals surface area contributed by atoms with Crippen molar-refractivity contribution >= 4 is 17.6 Å². The number of aryl methyl sites for hydroxylation is 2. The summed E-state index contributed by atoms with van der Waals surface area (Å²) in [7, 11) is 0. The van der Waals surface area contributed by atoms with Crippen molar-refractivity contribution in [3.63, 3.8) is 0 Å². The fourth-order valence-electron chi connectivity index (χ4n) is 2.43. The number of benzene rings is 1. The Morgan fingerprint density at radius 3 is 2.58 bits per heavy atom. The first-order chi connectivity index (χ1) is 8.97.